The van der Waals surface area contributed by atoms with Crippen LogP contribution >= 0.6 is 0 Å². The summed E-state index contributed by atoms with van der Waals surface area (Å²) in [6, 6.07) is 23.1. The second-order valence-electron chi connectivity index (χ2n) is 5.55. The standard InChI is InChI=1S/C19H17N/c1-15-12-19(15,14-20)13-18(16-8-4-2-5-9-16)17-10-6-3-7-11-17/h2-11,13,15H,12H2,1H3. The van der Waals surface area contributed by atoms with E-state index in [1.54, 1.807) is 0 Å². The van der Waals surface area contributed by atoms with E-state index in [-0.39, 0.29) is 5.41 Å². The molecule has 0 saturated heterocycles. The lowest BCUT2D eigenvalue weighted by Crippen LogP contribution is -1.98. The maximum absolute atomic E-state index is 9.48. The molecule has 0 spiro atoms. The quantitative estimate of drug-likeness (QED) is 0.786. The molecule has 20 heavy (non-hydrogen) atoms. The largest absolute Gasteiger partial charge is 0.197 e. The molecule has 0 heterocycles. The summed E-state index contributed by atoms with van der Waals surface area (Å²) in [5.74, 6) is 0.454. The van der Waals surface area contributed by atoms with Crippen LogP contribution in [0.4, 0.5) is 0 Å². The molecule has 2 aromatic carbocycles. The molecule has 1 heteroatoms. The van der Waals surface area contributed by atoms with E-state index in [9.17, 15) is 5.26 Å². The number of benzene rings is 2. The van der Waals surface area contributed by atoms with Crippen molar-refractivity contribution in [3.63, 3.8) is 0 Å². The van der Waals surface area contributed by atoms with Crippen LogP contribution in [-0.2, 0) is 0 Å². The van der Waals surface area contributed by atoms with E-state index < -0.39 is 0 Å². The molecule has 0 N–H and O–H groups in total. The number of nitrogens with zero attached hydrogens (tertiary/aromatic N) is 1. The summed E-state index contributed by atoms with van der Waals surface area (Å²) in [7, 11) is 0. The van der Waals surface area contributed by atoms with Gasteiger partial charge in [0.2, 0.25) is 0 Å². The average molecular weight is 259 g/mol. The fraction of sp³-hybridized carbons (Fsp3) is 0.211. The zero-order chi connectivity index (χ0) is 14.0. The van der Waals surface area contributed by atoms with Crippen molar-refractivity contribution in [2.45, 2.75) is 13.3 Å². The highest BCUT2D eigenvalue weighted by molar-refractivity contribution is 5.81. The molecule has 1 fully saturated rings. The van der Waals surface area contributed by atoms with Crippen LogP contribution in [0.5, 0.6) is 0 Å². The van der Waals surface area contributed by atoms with Crippen molar-refractivity contribution < 1.29 is 0 Å². The van der Waals surface area contributed by atoms with Crippen LogP contribution in [0.2, 0.25) is 0 Å². The van der Waals surface area contributed by atoms with Crippen LogP contribution in [0.25, 0.3) is 5.57 Å². The van der Waals surface area contributed by atoms with Gasteiger partial charge in [-0.15, -0.1) is 0 Å². The number of allylic oxidation sites excluding steroid dienone is 1. The van der Waals surface area contributed by atoms with E-state index in [1.165, 1.54) is 11.1 Å². The van der Waals surface area contributed by atoms with Crippen molar-refractivity contribution in [2.75, 3.05) is 0 Å². The molecule has 1 nitrogen and oxygen atoms in total. The normalized spacial score (nSPS) is 23.7. The Labute approximate surface area is 120 Å². The van der Waals surface area contributed by atoms with Gasteiger partial charge < -0.3 is 0 Å². The fourth-order valence-electron chi connectivity index (χ4n) is 2.66. The van der Waals surface area contributed by atoms with E-state index in [4.69, 9.17) is 0 Å². The van der Waals surface area contributed by atoms with Gasteiger partial charge in [0, 0.05) is 0 Å². The third-order valence-electron chi connectivity index (χ3n) is 4.14. The monoisotopic (exact) mass is 259 g/mol. The minimum absolute atomic E-state index is 0.277. The Morgan fingerprint density at radius 1 is 1.05 bits per heavy atom. The number of nitriles is 1. The molecule has 2 atom stereocenters. The lowest BCUT2D eigenvalue weighted by atomic mass is 9.92. The second kappa shape index (κ2) is 4.98. The maximum atomic E-state index is 9.48. The van der Waals surface area contributed by atoms with Gasteiger partial charge in [0.1, 0.15) is 0 Å². The Balaban J connectivity index is 2.11. The minimum Gasteiger partial charge on any atom is -0.197 e. The van der Waals surface area contributed by atoms with Crippen molar-refractivity contribution in [3.8, 4) is 6.07 Å². The smallest absolute Gasteiger partial charge is 0.0791 e. The molecule has 0 aromatic heterocycles. The first-order valence-corrected chi connectivity index (χ1v) is 7.00. The molecule has 0 radical (unpaired) electrons. The van der Waals surface area contributed by atoms with Gasteiger partial charge in [-0.1, -0.05) is 73.7 Å². The average Bonchev–Trinajstić information content (AvgIpc) is 3.17. The predicted molar refractivity (Wildman–Crippen MR) is 81.8 cm³/mol. The molecular formula is C19H17N. The van der Waals surface area contributed by atoms with Crippen molar-refractivity contribution in [3.05, 3.63) is 77.9 Å². The Bertz CT molecular complexity index is 622. The van der Waals surface area contributed by atoms with E-state index in [0.29, 0.717) is 5.92 Å². The molecule has 0 aliphatic heterocycles. The zero-order valence-electron chi connectivity index (χ0n) is 11.6. The third kappa shape index (κ3) is 2.26. The molecule has 2 aromatic rings. The van der Waals surface area contributed by atoms with Gasteiger partial charge in [0.25, 0.3) is 0 Å². The van der Waals surface area contributed by atoms with Crippen molar-refractivity contribution in [2.24, 2.45) is 11.3 Å². The predicted octanol–water partition coefficient (Wildman–Crippen LogP) is 4.67. The highest BCUT2D eigenvalue weighted by Crippen LogP contribution is 2.54. The molecule has 0 bridgehead atoms. The minimum atomic E-state index is -0.277. The zero-order valence-corrected chi connectivity index (χ0v) is 11.6. The first-order valence-electron chi connectivity index (χ1n) is 7.00. The summed E-state index contributed by atoms with van der Waals surface area (Å²) in [4.78, 5) is 0. The lowest BCUT2D eigenvalue weighted by Gasteiger charge is -2.11. The summed E-state index contributed by atoms with van der Waals surface area (Å²) in [6.07, 6.45) is 3.13. The molecule has 0 amide bonds. The molecule has 98 valence electrons. The number of hydrogen-bond donors (Lipinski definition) is 0. The summed E-state index contributed by atoms with van der Waals surface area (Å²) in [5.41, 5.74) is 3.23. The van der Waals surface area contributed by atoms with Crippen LogP contribution in [0.1, 0.15) is 24.5 Å². The number of hydrogen-bond acceptors (Lipinski definition) is 1. The molecule has 1 saturated carbocycles. The fourth-order valence-corrected chi connectivity index (χ4v) is 2.66. The van der Waals surface area contributed by atoms with Gasteiger partial charge in [-0.3, -0.25) is 0 Å². The van der Waals surface area contributed by atoms with Crippen molar-refractivity contribution in [1.29, 1.82) is 5.26 Å². The van der Waals surface area contributed by atoms with Crippen LogP contribution in [0.3, 0.4) is 0 Å². The van der Waals surface area contributed by atoms with Gasteiger partial charge >= 0.3 is 0 Å². The van der Waals surface area contributed by atoms with Crippen LogP contribution in [0.15, 0.2) is 66.7 Å². The summed E-state index contributed by atoms with van der Waals surface area (Å²) >= 11 is 0. The maximum Gasteiger partial charge on any atom is 0.0791 e. The second-order valence-corrected chi connectivity index (χ2v) is 5.55. The summed E-state index contributed by atoms with van der Waals surface area (Å²) < 4.78 is 0. The van der Waals surface area contributed by atoms with Crippen molar-refractivity contribution in [1.82, 2.24) is 0 Å². The molecular weight excluding hydrogens is 242 g/mol. The Hall–Kier alpha value is -2.33. The lowest BCUT2D eigenvalue weighted by molar-refractivity contribution is 0.763. The van der Waals surface area contributed by atoms with Crippen molar-refractivity contribution >= 4 is 5.57 Å². The SMILES string of the molecule is CC1CC1(C#N)C=C(c1ccccc1)c1ccccc1. The Morgan fingerprint density at radius 3 is 1.85 bits per heavy atom. The first-order chi connectivity index (χ1) is 9.75. The van der Waals surface area contributed by atoms with Gasteiger partial charge in [-0.25, -0.2) is 0 Å². The van der Waals surface area contributed by atoms with Gasteiger partial charge in [-0.05, 0) is 29.0 Å². The van der Waals surface area contributed by atoms with Crippen LogP contribution in [-0.4, -0.2) is 0 Å². The molecule has 1 aliphatic rings. The van der Waals surface area contributed by atoms with Gasteiger partial charge in [0.15, 0.2) is 0 Å². The number of rotatable bonds is 3. The van der Waals surface area contributed by atoms with E-state index in [1.807, 2.05) is 36.4 Å². The van der Waals surface area contributed by atoms with Gasteiger partial charge in [0.05, 0.1) is 11.5 Å². The summed E-state index contributed by atoms with van der Waals surface area (Å²) in [5, 5.41) is 9.48. The summed E-state index contributed by atoms with van der Waals surface area (Å²) in [6.45, 7) is 2.15. The highest BCUT2D eigenvalue weighted by atomic mass is 14.5. The van der Waals surface area contributed by atoms with E-state index >= 15 is 0 Å². The van der Waals surface area contributed by atoms with E-state index in [2.05, 4.69) is 43.3 Å². The highest BCUT2D eigenvalue weighted by Gasteiger charge is 2.50. The van der Waals surface area contributed by atoms with Crippen LogP contribution in [0, 0.1) is 22.7 Å². The Kier molecular flexibility index (Phi) is 3.16. The third-order valence-corrected chi connectivity index (χ3v) is 4.14. The molecule has 1 aliphatic carbocycles. The van der Waals surface area contributed by atoms with Gasteiger partial charge in [-0.2, -0.15) is 5.26 Å². The molecule has 3 rings (SSSR count). The topological polar surface area (TPSA) is 23.8 Å². The Morgan fingerprint density at radius 2 is 1.50 bits per heavy atom. The molecule has 2 unspecified atom stereocenters. The first kappa shape index (κ1) is 12.7. The van der Waals surface area contributed by atoms with E-state index in [0.717, 1.165) is 12.0 Å². The van der Waals surface area contributed by atoms with Crippen LogP contribution < -0.4 is 0 Å².